The molecule has 0 spiro atoms. The third-order valence-electron chi connectivity index (χ3n) is 4.45. The van der Waals surface area contributed by atoms with Gasteiger partial charge < -0.3 is 9.15 Å². The first-order valence-electron chi connectivity index (χ1n) is 8.49. The molecule has 0 amide bonds. The van der Waals surface area contributed by atoms with Crippen LogP contribution in [-0.2, 0) is 11.3 Å². The summed E-state index contributed by atoms with van der Waals surface area (Å²) in [5, 5.41) is 21.9. The molecule has 1 atom stereocenters. The monoisotopic (exact) mass is 377 g/mol. The maximum Gasteiger partial charge on any atom is 0.345 e. The largest absolute Gasteiger partial charge is 0.419 e. The topological polar surface area (TPSA) is 106 Å². The third kappa shape index (κ3) is 4.14. The summed E-state index contributed by atoms with van der Waals surface area (Å²) < 4.78 is 34.7. The lowest BCUT2D eigenvalue weighted by Crippen LogP contribution is -2.33. The molecular formula is C16H17F2N7O2. The van der Waals surface area contributed by atoms with E-state index in [1.807, 2.05) is 29.2 Å². The lowest BCUT2D eigenvalue weighted by Gasteiger charge is -2.22. The Labute approximate surface area is 152 Å². The number of alkyl halides is 2. The summed E-state index contributed by atoms with van der Waals surface area (Å²) in [7, 11) is 0. The van der Waals surface area contributed by atoms with Crippen molar-refractivity contribution < 1.29 is 17.9 Å². The van der Waals surface area contributed by atoms with E-state index in [-0.39, 0.29) is 12.6 Å². The van der Waals surface area contributed by atoms with Gasteiger partial charge in [-0.3, -0.25) is 4.90 Å². The van der Waals surface area contributed by atoms with Crippen LogP contribution < -0.4 is 0 Å². The Balaban J connectivity index is 1.41. The lowest BCUT2D eigenvalue weighted by atomic mass is 10.1. The van der Waals surface area contributed by atoms with E-state index in [0.29, 0.717) is 24.2 Å². The second kappa shape index (κ2) is 7.84. The Hall–Kier alpha value is -2.79. The number of benzene rings is 1. The zero-order valence-corrected chi connectivity index (χ0v) is 14.3. The van der Waals surface area contributed by atoms with Gasteiger partial charge in [0.25, 0.3) is 0 Å². The van der Waals surface area contributed by atoms with E-state index in [1.165, 1.54) is 0 Å². The highest BCUT2D eigenvalue weighted by molar-refractivity contribution is 5.61. The number of aromatic amines is 1. The highest BCUT2D eigenvalue weighted by Crippen LogP contribution is 2.24. The van der Waals surface area contributed by atoms with Crippen molar-refractivity contribution in [2.45, 2.75) is 32.0 Å². The molecule has 142 valence electrons. The van der Waals surface area contributed by atoms with Crippen LogP contribution in [0.2, 0.25) is 0 Å². The first kappa shape index (κ1) is 17.6. The summed E-state index contributed by atoms with van der Waals surface area (Å²) in [5.41, 5.74) is 1.58. The van der Waals surface area contributed by atoms with Gasteiger partial charge in [-0.2, -0.15) is 14.0 Å². The van der Waals surface area contributed by atoms with Crippen LogP contribution in [0.25, 0.3) is 22.8 Å². The molecule has 1 fully saturated rings. The fourth-order valence-corrected chi connectivity index (χ4v) is 3.13. The second-order valence-corrected chi connectivity index (χ2v) is 6.17. The maximum atomic E-state index is 12.3. The van der Waals surface area contributed by atoms with Gasteiger partial charge in [0.05, 0.1) is 13.2 Å². The van der Waals surface area contributed by atoms with Crippen LogP contribution in [0, 0.1) is 0 Å². The minimum atomic E-state index is -2.75. The zero-order chi connectivity index (χ0) is 18.6. The number of hydrogen-bond donors (Lipinski definition) is 1. The Morgan fingerprint density at radius 3 is 2.74 bits per heavy atom. The molecule has 0 saturated carbocycles. The van der Waals surface area contributed by atoms with Crippen molar-refractivity contribution in [3.05, 3.63) is 30.2 Å². The maximum absolute atomic E-state index is 12.3. The van der Waals surface area contributed by atoms with E-state index >= 15 is 0 Å². The van der Waals surface area contributed by atoms with Gasteiger partial charge in [0, 0.05) is 17.2 Å². The quantitative estimate of drug-likeness (QED) is 0.667. The Bertz CT molecular complexity index is 854. The first-order chi connectivity index (χ1) is 13.2. The van der Waals surface area contributed by atoms with Gasteiger partial charge in [0.2, 0.25) is 17.6 Å². The summed E-state index contributed by atoms with van der Waals surface area (Å²) in [6.45, 7) is -1.56. The average Bonchev–Trinajstić information content (AvgIpc) is 3.43. The van der Waals surface area contributed by atoms with Crippen molar-refractivity contribution in [2.75, 3.05) is 13.2 Å². The summed E-state index contributed by atoms with van der Waals surface area (Å²) in [5.74, 6) is 1.33. The van der Waals surface area contributed by atoms with Crippen molar-refractivity contribution in [1.82, 2.24) is 35.7 Å². The fourth-order valence-electron chi connectivity index (χ4n) is 3.13. The van der Waals surface area contributed by atoms with Crippen molar-refractivity contribution in [2.24, 2.45) is 0 Å². The second-order valence-electron chi connectivity index (χ2n) is 6.17. The molecule has 0 bridgehead atoms. The summed E-state index contributed by atoms with van der Waals surface area (Å²) in [6, 6.07) is 7.27. The standard InChI is InChI=1S/C16H17F2N7O2/c17-16(18)26-9-12-2-1-7-25(12)8-13-19-22-15(27-13)11-5-3-10(4-6-11)14-20-23-24-21-14/h3-6,12,16H,1-2,7-9H2,(H,20,21,23,24). The third-order valence-corrected chi connectivity index (χ3v) is 4.45. The molecule has 1 N–H and O–H groups in total. The van der Waals surface area contributed by atoms with Crippen LogP contribution in [0.3, 0.4) is 0 Å². The number of rotatable bonds is 7. The molecule has 3 heterocycles. The molecule has 27 heavy (non-hydrogen) atoms. The van der Waals surface area contributed by atoms with Crippen molar-refractivity contribution in [3.63, 3.8) is 0 Å². The van der Waals surface area contributed by atoms with Gasteiger partial charge >= 0.3 is 6.61 Å². The van der Waals surface area contributed by atoms with Crippen molar-refractivity contribution >= 4 is 0 Å². The van der Waals surface area contributed by atoms with Crippen LogP contribution in [0.4, 0.5) is 8.78 Å². The van der Waals surface area contributed by atoms with Gasteiger partial charge in [-0.25, -0.2) is 0 Å². The minimum Gasteiger partial charge on any atom is -0.419 e. The van der Waals surface area contributed by atoms with E-state index in [9.17, 15) is 8.78 Å². The molecule has 4 rings (SSSR count). The Morgan fingerprint density at radius 1 is 1.19 bits per heavy atom. The van der Waals surface area contributed by atoms with E-state index < -0.39 is 6.61 Å². The molecule has 11 heteroatoms. The summed E-state index contributed by atoms with van der Waals surface area (Å²) in [4.78, 5) is 2.03. The fraction of sp³-hybridized carbons (Fsp3) is 0.438. The normalized spacial score (nSPS) is 17.8. The SMILES string of the molecule is FC(F)OCC1CCCN1Cc1nnc(-c2ccc(-c3nn[nH]n3)cc2)o1. The van der Waals surface area contributed by atoms with E-state index in [1.54, 1.807) is 0 Å². The predicted octanol–water partition coefficient (Wildman–Crippen LogP) is 2.12. The van der Waals surface area contributed by atoms with Crippen LogP contribution >= 0.6 is 0 Å². The predicted molar refractivity (Wildman–Crippen MR) is 88.3 cm³/mol. The number of likely N-dealkylation sites (tertiary alicyclic amines) is 1. The van der Waals surface area contributed by atoms with E-state index in [0.717, 1.165) is 30.5 Å². The van der Waals surface area contributed by atoms with Crippen LogP contribution in [0.5, 0.6) is 0 Å². The molecule has 1 unspecified atom stereocenters. The molecule has 1 saturated heterocycles. The zero-order valence-electron chi connectivity index (χ0n) is 14.3. The molecule has 1 aromatic carbocycles. The highest BCUT2D eigenvalue weighted by Gasteiger charge is 2.27. The van der Waals surface area contributed by atoms with Crippen LogP contribution in [-0.4, -0.2) is 61.5 Å². The van der Waals surface area contributed by atoms with Crippen LogP contribution in [0.1, 0.15) is 18.7 Å². The smallest absolute Gasteiger partial charge is 0.345 e. The van der Waals surface area contributed by atoms with Gasteiger partial charge in [-0.05, 0) is 36.7 Å². The average molecular weight is 377 g/mol. The summed E-state index contributed by atoms with van der Waals surface area (Å²) in [6.07, 6.45) is 1.74. The van der Waals surface area contributed by atoms with Crippen molar-refractivity contribution in [1.29, 1.82) is 0 Å². The highest BCUT2D eigenvalue weighted by atomic mass is 19.3. The Morgan fingerprint density at radius 2 is 2.00 bits per heavy atom. The number of H-pyrrole nitrogens is 1. The number of aromatic nitrogens is 6. The summed E-state index contributed by atoms with van der Waals surface area (Å²) >= 11 is 0. The van der Waals surface area contributed by atoms with Gasteiger partial charge in [-0.15, -0.1) is 20.4 Å². The number of nitrogens with one attached hydrogen (secondary N) is 1. The molecule has 0 aliphatic carbocycles. The van der Waals surface area contributed by atoms with E-state index in [2.05, 4.69) is 35.6 Å². The molecule has 0 radical (unpaired) electrons. The lowest BCUT2D eigenvalue weighted by molar-refractivity contribution is -0.139. The minimum absolute atomic E-state index is 0.00376. The molecule has 1 aliphatic rings. The Kier molecular flexibility index (Phi) is 5.12. The molecule has 2 aromatic heterocycles. The first-order valence-corrected chi connectivity index (χ1v) is 8.49. The number of hydrogen-bond acceptors (Lipinski definition) is 8. The molecule has 9 nitrogen and oxygen atoms in total. The number of tetrazole rings is 1. The number of ether oxygens (including phenoxy) is 1. The van der Waals surface area contributed by atoms with Crippen molar-refractivity contribution in [3.8, 4) is 22.8 Å². The molecular weight excluding hydrogens is 360 g/mol. The number of halogens is 2. The molecule has 1 aliphatic heterocycles. The van der Waals surface area contributed by atoms with Crippen LogP contribution in [0.15, 0.2) is 28.7 Å². The molecule has 3 aromatic rings. The number of nitrogens with zero attached hydrogens (tertiary/aromatic N) is 6. The van der Waals surface area contributed by atoms with E-state index in [4.69, 9.17) is 4.42 Å². The van der Waals surface area contributed by atoms with Gasteiger partial charge in [-0.1, -0.05) is 12.1 Å². The van der Waals surface area contributed by atoms with Gasteiger partial charge in [0.15, 0.2) is 0 Å². The van der Waals surface area contributed by atoms with Gasteiger partial charge in [0.1, 0.15) is 0 Å².